The van der Waals surface area contributed by atoms with Gasteiger partial charge in [-0.05, 0) is 25.7 Å². The van der Waals surface area contributed by atoms with Crippen LogP contribution < -0.4 is 15.4 Å². The molecule has 1 aliphatic heterocycles. The Kier molecular flexibility index (Phi) is 5.25. The molecule has 0 bridgehead atoms. The van der Waals surface area contributed by atoms with E-state index in [-0.39, 0.29) is 12.1 Å². The van der Waals surface area contributed by atoms with Crippen molar-refractivity contribution in [3.63, 3.8) is 0 Å². The first-order chi connectivity index (χ1) is 11.6. The molecule has 3 atom stereocenters. The summed E-state index contributed by atoms with van der Waals surface area (Å²) in [4.78, 5) is 14.8. The lowest BCUT2D eigenvalue weighted by Crippen LogP contribution is -2.49. The number of carbonyl (C=O) groups is 1. The highest BCUT2D eigenvalue weighted by Crippen LogP contribution is 2.28. The normalized spacial score (nSPS) is 27.4. The van der Waals surface area contributed by atoms with Gasteiger partial charge in [-0.1, -0.05) is 0 Å². The molecule has 2 heterocycles. The lowest BCUT2D eigenvalue weighted by Gasteiger charge is -2.29. The largest absolute Gasteiger partial charge is 0.481 e. The van der Waals surface area contributed by atoms with E-state index < -0.39 is 0 Å². The maximum Gasteiger partial charge on any atom is 0.320 e. The van der Waals surface area contributed by atoms with Crippen LogP contribution >= 0.6 is 0 Å². The summed E-state index contributed by atoms with van der Waals surface area (Å²) in [5.74, 6) is 1.09. The van der Waals surface area contributed by atoms with Crippen molar-refractivity contribution in [1.82, 2.24) is 20.0 Å². The van der Waals surface area contributed by atoms with Crippen LogP contribution in [0, 0.1) is 0 Å². The highest BCUT2D eigenvalue weighted by Gasteiger charge is 2.36. The van der Waals surface area contributed by atoms with Gasteiger partial charge >= 0.3 is 6.03 Å². The average Bonchev–Trinajstić information content (AvgIpc) is 3.26. The number of rotatable bonds is 5. The van der Waals surface area contributed by atoms with Crippen molar-refractivity contribution >= 4 is 11.8 Å². The third kappa shape index (κ3) is 3.64. The number of nitrogens with zero attached hydrogens (tertiary/aromatic N) is 3. The van der Waals surface area contributed by atoms with Gasteiger partial charge in [0.05, 0.1) is 13.2 Å². The smallest absolute Gasteiger partial charge is 0.320 e. The van der Waals surface area contributed by atoms with E-state index in [0.717, 1.165) is 38.8 Å². The highest BCUT2D eigenvalue weighted by molar-refractivity contribution is 5.88. The maximum absolute atomic E-state index is 12.3. The molecular weight excluding hydrogens is 310 g/mol. The zero-order valence-corrected chi connectivity index (χ0v) is 14.6. The number of aromatic nitrogens is 2. The first-order valence-corrected chi connectivity index (χ1v) is 8.53. The molecule has 1 saturated heterocycles. The average molecular weight is 337 g/mol. The molecule has 1 unspecified atom stereocenters. The predicted octanol–water partition coefficient (Wildman–Crippen LogP) is 1.19. The number of aryl methyl sites for hydroxylation is 1. The quantitative estimate of drug-likeness (QED) is 0.844. The molecule has 3 rings (SSSR count). The summed E-state index contributed by atoms with van der Waals surface area (Å²) in [6.07, 6.45) is 4.67. The lowest BCUT2D eigenvalue weighted by atomic mass is 10.1. The van der Waals surface area contributed by atoms with E-state index in [1.54, 1.807) is 32.0 Å². The van der Waals surface area contributed by atoms with E-state index in [0.29, 0.717) is 23.8 Å². The molecule has 8 heteroatoms. The van der Waals surface area contributed by atoms with Crippen molar-refractivity contribution in [2.75, 3.05) is 32.6 Å². The van der Waals surface area contributed by atoms with E-state index in [1.165, 1.54) is 0 Å². The van der Waals surface area contributed by atoms with Crippen LogP contribution in [0.1, 0.15) is 25.7 Å². The van der Waals surface area contributed by atoms with Crippen LogP contribution in [0.3, 0.4) is 0 Å². The van der Waals surface area contributed by atoms with Crippen LogP contribution in [-0.4, -0.2) is 66.2 Å². The molecule has 1 aromatic rings. The molecule has 1 aromatic heterocycles. The Hall–Kier alpha value is -1.80. The number of ether oxygens (including phenoxy) is 2. The SMILES string of the molecule is COc1cc(NC(=O)N[C@H]2CCC[C@H]2N2CCC(OC)C2)nn1C. The second-order valence-electron chi connectivity index (χ2n) is 6.54. The predicted molar refractivity (Wildman–Crippen MR) is 90.3 cm³/mol. The number of anilines is 1. The van der Waals surface area contributed by atoms with Gasteiger partial charge in [-0.15, -0.1) is 0 Å². The summed E-state index contributed by atoms with van der Waals surface area (Å²) in [7, 11) is 5.12. The van der Waals surface area contributed by atoms with Gasteiger partial charge in [-0.2, -0.15) is 5.10 Å². The Morgan fingerprint density at radius 1 is 1.33 bits per heavy atom. The Balaban J connectivity index is 1.55. The fourth-order valence-corrected chi connectivity index (χ4v) is 3.82. The van der Waals surface area contributed by atoms with Crippen LogP contribution in [0.2, 0.25) is 0 Å². The molecule has 1 saturated carbocycles. The van der Waals surface area contributed by atoms with Gasteiger partial charge in [-0.3, -0.25) is 10.2 Å². The molecule has 2 N–H and O–H groups in total. The molecular formula is C16H27N5O3. The maximum atomic E-state index is 12.3. The molecule has 8 nitrogen and oxygen atoms in total. The molecule has 2 fully saturated rings. The Morgan fingerprint density at radius 2 is 2.17 bits per heavy atom. The fourth-order valence-electron chi connectivity index (χ4n) is 3.82. The minimum atomic E-state index is -0.213. The summed E-state index contributed by atoms with van der Waals surface area (Å²) in [6, 6.07) is 2.06. The number of amides is 2. The number of likely N-dealkylation sites (tertiary alicyclic amines) is 1. The third-order valence-corrected chi connectivity index (χ3v) is 5.06. The van der Waals surface area contributed by atoms with Gasteiger partial charge in [0.25, 0.3) is 0 Å². The number of nitrogens with one attached hydrogen (secondary N) is 2. The van der Waals surface area contributed by atoms with E-state index >= 15 is 0 Å². The molecule has 2 amide bonds. The zero-order valence-electron chi connectivity index (χ0n) is 14.6. The van der Waals surface area contributed by atoms with Crippen LogP contribution in [-0.2, 0) is 11.8 Å². The molecule has 134 valence electrons. The van der Waals surface area contributed by atoms with Gasteiger partial charge in [0.1, 0.15) is 0 Å². The second-order valence-corrected chi connectivity index (χ2v) is 6.54. The van der Waals surface area contributed by atoms with Crippen molar-refractivity contribution in [1.29, 1.82) is 0 Å². The minimum absolute atomic E-state index is 0.172. The molecule has 24 heavy (non-hydrogen) atoms. The third-order valence-electron chi connectivity index (χ3n) is 5.06. The number of hydrogen-bond acceptors (Lipinski definition) is 5. The standard InChI is InChI=1S/C16H27N5O3/c1-20-15(24-3)9-14(19-20)18-16(22)17-12-5-4-6-13(12)21-8-7-11(10-21)23-2/h9,11-13H,4-8,10H2,1-3H3,(H2,17,18,19,22)/t11?,12-,13+/m0/s1. The zero-order chi connectivity index (χ0) is 17.1. The van der Waals surface area contributed by atoms with Gasteiger partial charge < -0.3 is 14.8 Å². The number of urea groups is 1. The Morgan fingerprint density at radius 3 is 2.83 bits per heavy atom. The number of methoxy groups -OCH3 is 2. The summed E-state index contributed by atoms with van der Waals surface area (Å²) in [5, 5.41) is 10.1. The monoisotopic (exact) mass is 337 g/mol. The van der Waals surface area contributed by atoms with Crippen LogP contribution in [0.4, 0.5) is 10.6 Å². The summed E-state index contributed by atoms with van der Waals surface area (Å²) in [5.41, 5.74) is 0. The Bertz CT molecular complexity index is 576. The van der Waals surface area contributed by atoms with Gasteiger partial charge in [0, 0.05) is 45.4 Å². The first kappa shape index (κ1) is 17.0. The second kappa shape index (κ2) is 7.40. The summed E-state index contributed by atoms with van der Waals surface area (Å²) >= 11 is 0. The number of hydrogen-bond donors (Lipinski definition) is 2. The van der Waals surface area contributed by atoms with Crippen molar-refractivity contribution in [2.45, 2.75) is 43.9 Å². The van der Waals surface area contributed by atoms with Gasteiger partial charge in [0.2, 0.25) is 5.88 Å². The molecule has 0 spiro atoms. The molecule has 2 aliphatic rings. The Labute approximate surface area is 142 Å². The lowest BCUT2D eigenvalue weighted by molar-refractivity contribution is 0.0985. The van der Waals surface area contributed by atoms with Gasteiger partial charge in [0.15, 0.2) is 5.82 Å². The summed E-state index contributed by atoms with van der Waals surface area (Å²) < 4.78 is 12.2. The first-order valence-electron chi connectivity index (χ1n) is 8.53. The van der Waals surface area contributed by atoms with Crippen LogP contribution in [0.5, 0.6) is 5.88 Å². The van der Waals surface area contributed by atoms with Gasteiger partial charge in [-0.25, -0.2) is 9.48 Å². The van der Waals surface area contributed by atoms with E-state index in [4.69, 9.17) is 9.47 Å². The fraction of sp³-hybridized carbons (Fsp3) is 0.750. The van der Waals surface area contributed by atoms with Crippen molar-refractivity contribution in [2.24, 2.45) is 7.05 Å². The van der Waals surface area contributed by atoms with Crippen LogP contribution in [0.15, 0.2) is 6.07 Å². The van der Waals surface area contributed by atoms with Crippen molar-refractivity contribution < 1.29 is 14.3 Å². The topological polar surface area (TPSA) is 80.7 Å². The molecule has 1 aliphatic carbocycles. The molecule has 0 aromatic carbocycles. The highest BCUT2D eigenvalue weighted by atomic mass is 16.5. The number of carbonyl (C=O) groups excluding carboxylic acids is 1. The van der Waals surface area contributed by atoms with E-state index in [9.17, 15) is 4.79 Å². The van der Waals surface area contributed by atoms with Crippen LogP contribution in [0.25, 0.3) is 0 Å². The van der Waals surface area contributed by atoms with E-state index in [2.05, 4.69) is 20.6 Å². The van der Waals surface area contributed by atoms with Crippen molar-refractivity contribution in [3.8, 4) is 5.88 Å². The summed E-state index contributed by atoms with van der Waals surface area (Å²) in [6.45, 7) is 2.00. The van der Waals surface area contributed by atoms with Crippen molar-refractivity contribution in [3.05, 3.63) is 6.07 Å². The van der Waals surface area contributed by atoms with E-state index in [1.807, 2.05) is 0 Å². The minimum Gasteiger partial charge on any atom is -0.481 e. The molecule has 0 radical (unpaired) electrons.